The third-order valence-corrected chi connectivity index (χ3v) is 6.59. The Morgan fingerprint density at radius 3 is 2.26 bits per heavy atom. The molecule has 2 bridgehead atoms. The van der Waals surface area contributed by atoms with Crippen molar-refractivity contribution in [3.05, 3.63) is 0 Å². The van der Waals surface area contributed by atoms with Crippen LogP contribution >= 0.6 is 0 Å². The van der Waals surface area contributed by atoms with Crippen LogP contribution in [0.2, 0.25) is 0 Å². The minimum Gasteiger partial charge on any atom is -0.311 e. The molecule has 1 heteroatoms. The monoisotopic (exact) mass is 263 g/mol. The summed E-state index contributed by atoms with van der Waals surface area (Å²) in [6.45, 7) is 7.33. The van der Waals surface area contributed by atoms with Crippen LogP contribution in [0.1, 0.15) is 72.1 Å². The molecule has 0 aromatic carbocycles. The van der Waals surface area contributed by atoms with Crippen molar-refractivity contribution >= 4 is 0 Å². The van der Waals surface area contributed by atoms with Crippen LogP contribution in [0.15, 0.2) is 0 Å². The Labute approximate surface area is 119 Å². The molecule has 110 valence electrons. The summed E-state index contributed by atoms with van der Waals surface area (Å²) < 4.78 is 0. The zero-order valence-corrected chi connectivity index (χ0v) is 13.2. The van der Waals surface area contributed by atoms with E-state index in [1.54, 1.807) is 6.42 Å². The largest absolute Gasteiger partial charge is 0.311 e. The van der Waals surface area contributed by atoms with E-state index in [9.17, 15) is 0 Å². The van der Waals surface area contributed by atoms with Gasteiger partial charge in [0.1, 0.15) is 0 Å². The molecule has 3 fully saturated rings. The molecule has 6 unspecified atom stereocenters. The molecule has 3 aliphatic rings. The van der Waals surface area contributed by atoms with Crippen molar-refractivity contribution < 1.29 is 0 Å². The van der Waals surface area contributed by atoms with Gasteiger partial charge in [0, 0.05) is 12.1 Å². The SMILES string of the molecule is CC(C)C1CCCCC1NC(C)C1CC2CCC1C2. The van der Waals surface area contributed by atoms with Gasteiger partial charge in [-0.3, -0.25) is 0 Å². The highest BCUT2D eigenvalue weighted by atomic mass is 15.0. The van der Waals surface area contributed by atoms with Gasteiger partial charge in [0.2, 0.25) is 0 Å². The minimum absolute atomic E-state index is 0.764. The molecule has 0 heterocycles. The van der Waals surface area contributed by atoms with Gasteiger partial charge in [-0.25, -0.2) is 0 Å². The first-order valence-corrected chi connectivity index (χ1v) is 8.91. The van der Waals surface area contributed by atoms with Crippen molar-refractivity contribution in [1.29, 1.82) is 0 Å². The third-order valence-electron chi connectivity index (χ3n) is 6.59. The molecule has 19 heavy (non-hydrogen) atoms. The van der Waals surface area contributed by atoms with E-state index in [1.165, 1.54) is 44.9 Å². The first-order valence-electron chi connectivity index (χ1n) is 8.91. The van der Waals surface area contributed by atoms with Crippen molar-refractivity contribution in [2.24, 2.45) is 29.6 Å². The fourth-order valence-electron chi connectivity index (χ4n) is 5.53. The minimum atomic E-state index is 0.764. The van der Waals surface area contributed by atoms with E-state index in [2.05, 4.69) is 26.1 Å². The van der Waals surface area contributed by atoms with E-state index in [1.807, 2.05) is 0 Å². The normalized spacial score (nSPS) is 43.9. The lowest BCUT2D eigenvalue weighted by Gasteiger charge is -2.39. The van der Waals surface area contributed by atoms with Gasteiger partial charge in [0.25, 0.3) is 0 Å². The Bertz CT molecular complexity index is 298. The van der Waals surface area contributed by atoms with Crippen molar-refractivity contribution in [2.45, 2.75) is 84.2 Å². The Hall–Kier alpha value is -0.0400. The zero-order chi connectivity index (χ0) is 13.4. The summed E-state index contributed by atoms with van der Waals surface area (Å²) in [6, 6.07) is 1.57. The van der Waals surface area contributed by atoms with Gasteiger partial charge in [-0.2, -0.15) is 0 Å². The van der Waals surface area contributed by atoms with Crippen LogP contribution in [0.25, 0.3) is 0 Å². The first kappa shape index (κ1) is 13.9. The number of rotatable bonds is 4. The lowest BCUT2D eigenvalue weighted by Crippen LogP contribution is -2.48. The summed E-state index contributed by atoms with van der Waals surface area (Å²) >= 11 is 0. The summed E-state index contributed by atoms with van der Waals surface area (Å²) in [5.74, 6) is 4.92. The lowest BCUT2D eigenvalue weighted by molar-refractivity contribution is 0.163. The molecule has 0 spiro atoms. The van der Waals surface area contributed by atoms with E-state index < -0.39 is 0 Å². The van der Waals surface area contributed by atoms with Crippen molar-refractivity contribution in [3.8, 4) is 0 Å². The molecular weight excluding hydrogens is 230 g/mol. The number of hydrogen-bond donors (Lipinski definition) is 1. The molecule has 3 saturated carbocycles. The zero-order valence-electron chi connectivity index (χ0n) is 13.2. The fraction of sp³-hybridized carbons (Fsp3) is 1.00. The topological polar surface area (TPSA) is 12.0 Å². The molecular formula is C18H33N. The maximum Gasteiger partial charge on any atom is 0.0100 e. The Morgan fingerprint density at radius 2 is 1.63 bits per heavy atom. The second-order valence-corrected chi connectivity index (χ2v) is 8.09. The van der Waals surface area contributed by atoms with Gasteiger partial charge in [0.05, 0.1) is 0 Å². The standard InChI is InChI=1S/C18H33N/c1-12(2)16-6-4-5-7-18(16)19-13(3)17-11-14-8-9-15(17)10-14/h12-19H,4-11H2,1-3H3. The second kappa shape index (κ2) is 5.76. The van der Waals surface area contributed by atoms with E-state index in [0.29, 0.717) is 0 Å². The van der Waals surface area contributed by atoms with Gasteiger partial charge in [0.15, 0.2) is 0 Å². The molecule has 1 nitrogen and oxygen atoms in total. The van der Waals surface area contributed by atoms with Crippen LogP contribution in [0.4, 0.5) is 0 Å². The van der Waals surface area contributed by atoms with Gasteiger partial charge in [-0.1, -0.05) is 33.1 Å². The molecule has 0 radical (unpaired) electrons. The molecule has 0 aliphatic heterocycles. The fourth-order valence-corrected chi connectivity index (χ4v) is 5.53. The Balaban J connectivity index is 1.57. The molecule has 0 amide bonds. The van der Waals surface area contributed by atoms with Crippen LogP contribution in [-0.4, -0.2) is 12.1 Å². The molecule has 0 aromatic rings. The summed E-state index contributed by atoms with van der Waals surface area (Å²) in [4.78, 5) is 0. The molecule has 3 rings (SSSR count). The smallest absolute Gasteiger partial charge is 0.0100 e. The van der Waals surface area contributed by atoms with Crippen LogP contribution < -0.4 is 5.32 Å². The second-order valence-electron chi connectivity index (χ2n) is 8.09. The molecule has 6 atom stereocenters. The van der Waals surface area contributed by atoms with Crippen molar-refractivity contribution in [3.63, 3.8) is 0 Å². The highest BCUT2D eigenvalue weighted by Gasteiger charge is 2.42. The summed E-state index contributed by atoms with van der Waals surface area (Å²) in [5, 5.41) is 4.08. The van der Waals surface area contributed by atoms with Gasteiger partial charge in [-0.05, 0) is 68.6 Å². The Morgan fingerprint density at radius 1 is 0.842 bits per heavy atom. The van der Waals surface area contributed by atoms with E-state index in [0.717, 1.165) is 41.7 Å². The van der Waals surface area contributed by atoms with Crippen LogP contribution in [0.3, 0.4) is 0 Å². The first-order chi connectivity index (χ1) is 9.15. The Kier molecular flexibility index (Phi) is 4.22. The maximum atomic E-state index is 4.08. The predicted octanol–water partition coefficient (Wildman–Crippen LogP) is 4.62. The average molecular weight is 263 g/mol. The molecule has 0 saturated heterocycles. The number of hydrogen-bond acceptors (Lipinski definition) is 1. The highest BCUT2D eigenvalue weighted by Crippen LogP contribution is 2.49. The van der Waals surface area contributed by atoms with E-state index >= 15 is 0 Å². The lowest BCUT2D eigenvalue weighted by atomic mass is 9.76. The van der Waals surface area contributed by atoms with E-state index in [-0.39, 0.29) is 0 Å². The molecule has 3 aliphatic carbocycles. The maximum absolute atomic E-state index is 4.08. The van der Waals surface area contributed by atoms with Crippen LogP contribution in [-0.2, 0) is 0 Å². The van der Waals surface area contributed by atoms with Gasteiger partial charge < -0.3 is 5.32 Å². The summed E-state index contributed by atoms with van der Waals surface area (Å²) in [5.41, 5.74) is 0. The van der Waals surface area contributed by atoms with Crippen LogP contribution in [0.5, 0.6) is 0 Å². The predicted molar refractivity (Wildman–Crippen MR) is 82.1 cm³/mol. The average Bonchev–Trinajstić information content (AvgIpc) is 3.01. The van der Waals surface area contributed by atoms with E-state index in [4.69, 9.17) is 0 Å². The number of nitrogens with one attached hydrogen (secondary N) is 1. The van der Waals surface area contributed by atoms with Gasteiger partial charge >= 0.3 is 0 Å². The molecule has 1 N–H and O–H groups in total. The van der Waals surface area contributed by atoms with Gasteiger partial charge in [-0.15, -0.1) is 0 Å². The van der Waals surface area contributed by atoms with Crippen LogP contribution in [0, 0.1) is 29.6 Å². The third kappa shape index (κ3) is 2.86. The van der Waals surface area contributed by atoms with Crippen molar-refractivity contribution in [1.82, 2.24) is 5.32 Å². The summed E-state index contributed by atoms with van der Waals surface area (Å²) in [7, 11) is 0. The summed E-state index contributed by atoms with van der Waals surface area (Å²) in [6.07, 6.45) is 11.9. The quantitative estimate of drug-likeness (QED) is 0.780. The number of fused-ring (bicyclic) bond motifs is 2. The molecule has 0 aromatic heterocycles. The highest BCUT2D eigenvalue weighted by molar-refractivity contribution is 4.95. The van der Waals surface area contributed by atoms with Crippen molar-refractivity contribution in [2.75, 3.05) is 0 Å².